The molecule has 2 heterocycles. The lowest BCUT2D eigenvalue weighted by molar-refractivity contribution is -0.153. The summed E-state index contributed by atoms with van der Waals surface area (Å²) in [5.41, 5.74) is -3.83. The van der Waals surface area contributed by atoms with E-state index >= 15 is 0 Å². The van der Waals surface area contributed by atoms with Crippen LogP contribution in [0.2, 0.25) is 0 Å². The Hall–Kier alpha value is -3.15. The van der Waals surface area contributed by atoms with E-state index in [-0.39, 0.29) is 36.9 Å². The smallest absolute Gasteiger partial charge is 0.416 e. The predicted octanol–water partition coefficient (Wildman–Crippen LogP) is 6.06. The number of nitrogens with zero attached hydrogens (tertiary/aromatic N) is 1. The Bertz CT molecular complexity index is 1210. The molecule has 2 aliphatic heterocycles. The zero-order valence-corrected chi connectivity index (χ0v) is 21.2. The monoisotopic (exact) mass is 561 g/mol. The van der Waals surface area contributed by atoms with Crippen LogP contribution in [-0.4, -0.2) is 42.6 Å². The van der Waals surface area contributed by atoms with E-state index in [1.807, 2.05) is 0 Å². The SMILES string of the molecule is COC(=O)C1CC(=O)N2C[C@H](O[C@H](C)c3cc(C(F)(F)F)cc(C(F)(F)F)c3)[C@@](C)(c3ccc(F)cc3)[C@@H]2C1. The molecule has 0 radical (unpaired) electrons. The van der Waals surface area contributed by atoms with Crippen LogP contribution in [0.3, 0.4) is 0 Å². The molecular formula is C27H26F7NO4. The van der Waals surface area contributed by atoms with Gasteiger partial charge in [-0.05, 0) is 54.8 Å². The molecule has 4 rings (SSSR count). The third kappa shape index (κ3) is 5.48. The Morgan fingerprint density at radius 1 is 1.03 bits per heavy atom. The van der Waals surface area contributed by atoms with Crippen molar-refractivity contribution >= 4 is 11.9 Å². The zero-order chi connectivity index (χ0) is 28.9. The average molecular weight is 561 g/mol. The van der Waals surface area contributed by atoms with Crippen LogP contribution in [0.25, 0.3) is 0 Å². The average Bonchev–Trinajstić information content (AvgIpc) is 3.15. The predicted molar refractivity (Wildman–Crippen MR) is 124 cm³/mol. The fourth-order valence-corrected chi connectivity index (χ4v) is 5.62. The highest BCUT2D eigenvalue weighted by molar-refractivity contribution is 5.85. The minimum atomic E-state index is -5.03. The van der Waals surface area contributed by atoms with Crippen molar-refractivity contribution in [2.75, 3.05) is 13.7 Å². The highest BCUT2D eigenvalue weighted by atomic mass is 19.4. The van der Waals surface area contributed by atoms with Crippen molar-refractivity contribution in [3.05, 3.63) is 70.5 Å². The summed E-state index contributed by atoms with van der Waals surface area (Å²) in [5, 5.41) is 0. The summed E-state index contributed by atoms with van der Waals surface area (Å²) in [6, 6.07) is 6.00. The molecule has 12 heteroatoms. The molecule has 1 amide bonds. The molecule has 2 fully saturated rings. The van der Waals surface area contributed by atoms with Gasteiger partial charge in [0.1, 0.15) is 5.82 Å². The molecule has 0 aliphatic carbocycles. The van der Waals surface area contributed by atoms with Crippen LogP contribution in [0.15, 0.2) is 42.5 Å². The number of carbonyl (C=O) groups excluding carboxylic acids is 2. The first-order chi connectivity index (χ1) is 18.0. The summed E-state index contributed by atoms with van der Waals surface area (Å²) < 4.78 is 105. The number of halogens is 7. The number of fused-ring (bicyclic) bond motifs is 1. The van der Waals surface area contributed by atoms with Crippen LogP contribution in [0.1, 0.15) is 55.0 Å². The first-order valence-corrected chi connectivity index (χ1v) is 12.1. The standard InChI is InChI=1S/C27H26F7NO4/c1-14(15-8-18(26(29,30)31)12-19(9-15)27(32,33)34)39-22-13-35-21(10-16(11-23(35)36)24(37)38-3)25(22,2)17-4-6-20(28)7-5-17/h4-9,12,14,16,21-22H,10-11,13H2,1-3H3/t14-,16?,21+,22+,25+/m1/s1. The van der Waals surface area contributed by atoms with Crippen molar-refractivity contribution < 1.29 is 49.8 Å². The maximum absolute atomic E-state index is 13.8. The van der Waals surface area contributed by atoms with Crippen molar-refractivity contribution in [3.8, 4) is 0 Å². The summed E-state index contributed by atoms with van der Waals surface area (Å²) in [5.74, 6) is -2.23. The largest absolute Gasteiger partial charge is 0.469 e. The van der Waals surface area contributed by atoms with Crippen LogP contribution >= 0.6 is 0 Å². The number of methoxy groups -OCH3 is 1. The van der Waals surface area contributed by atoms with Crippen molar-refractivity contribution in [3.63, 3.8) is 0 Å². The number of carbonyl (C=O) groups is 2. The highest BCUT2D eigenvalue weighted by Gasteiger charge is 2.57. The fraction of sp³-hybridized carbons (Fsp3) is 0.481. The molecule has 2 aromatic rings. The van der Waals surface area contributed by atoms with Gasteiger partial charge in [0.05, 0.1) is 36.4 Å². The molecule has 2 saturated heterocycles. The van der Waals surface area contributed by atoms with Gasteiger partial charge >= 0.3 is 18.3 Å². The summed E-state index contributed by atoms with van der Waals surface area (Å²) in [6.07, 6.45) is -12.1. The Kier molecular flexibility index (Phi) is 7.48. The molecule has 0 N–H and O–H groups in total. The lowest BCUT2D eigenvalue weighted by atomic mass is 9.70. The summed E-state index contributed by atoms with van der Waals surface area (Å²) >= 11 is 0. The quantitative estimate of drug-likeness (QED) is 0.329. The van der Waals surface area contributed by atoms with E-state index in [1.165, 1.54) is 43.2 Å². The molecular weight excluding hydrogens is 535 g/mol. The normalized spacial score (nSPS) is 26.4. The molecule has 5 nitrogen and oxygen atoms in total. The topological polar surface area (TPSA) is 55.8 Å². The second kappa shape index (κ2) is 10.1. The van der Waals surface area contributed by atoms with Gasteiger partial charge in [-0.2, -0.15) is 26.3 Å². The third-order valence-electron chi connectivity index (χ3n) is 7.80. The van der Waals surface area contributed by atoms with Crippen LogP contribution in [0, 0.1) is 11.7 Å². The number of alkyl halides is 6. The maximum atomic E-state index is 13.8. The van der Waals surface area contributed by atoms with Gasteiger partial charge in [0.2, 0.25) is 5.91 Å². The third-order valence-corrected chi connectivity index (χ3v) is 7.80. The molecule has 212 valence electrons. The van der Waals surface area contributed by atoms with E-state index < -0.39 is 64.8 Å². The van der Waals surface area contributed by atoms with Gasteiger partial charge in [0.15, 0.2) is 0 Å². The Labute approximate surface area is 219 Å². The van der Waals surface area contributed by atoms with E-state index in [0.29, 0.717) is 17.7 Å². The van der Waals surface area contributed by atoms with Gasteiger partial charge in [-0.25, -0.2) is 4.39 Å². The maximum Gasteiger partial charge on any atom is 0.416 e. The number of esters is 1. The van der Waals surface area contributed by atoms with E-state index in [4.69, 9.17) is 9.47 Å². The van der Waals surface area contributed by atoms with Gasteiger partial charge in [-0.15, -0.1) is 0 Å². The fourth-order valence-electron chi connectivity index (χ4n) is 5.62. The van der Waals surface area contributed by atoms with E-state index in [2.05, 4.69) is 0 Å². The van der Waals surface area contributed by atoms with Gasteiger partial charge in [-0.3, -0.25) is 9.59 Å². The zero-order valence-electron chi connectivity index (χ0n) is 21.2. The number of rotatable bonds is 5. The molecule has 2 aromatic carbocycles. The van der Waals surface area contributed by atoms with Crippen LogP contribution in [0.4, 0.5) is 30.7 Å². The minimum Gasteiger partial charge on any atom is -0.469 e. The second-order valence-corrected chi connectivity index (χ2v) is 10.1. The highest BCUT2D eigenvalue weighted by Crippen LogP contribution is 2.48. The summed E-state index contributed by atoms with van der Waals surface area (Å²) in [7, 11) is 1.20. The second-order valence-electron chi connectivity index (χ2n) is 10.1. The van der Waals surface area contributed by atoms with Gasteiger partial charge in [0.25, 0.3) is 0 Å². The number of hydrogen-bond acceptors (Lipinski definition) is 4. The lowest BCUT2D eigenvalue weighted by Crippen LogP contribution is -2.51. The van der Waals surface area contributed by atoms with E-state index in [0.717, 1.165) is 0 Å². The summed E-state index contributed by atoms with van der Waals surface area (Å²) in [4.78, 5) is 26.9. The van der Waals surface area contributed by atoms with Crippen molar-refractivity contribution in [2.45, 2.75) is 62.7 Å². The molecule has 0 bridgehead atoms. The molecule has 2 aliphatic rings. The summed E-state index contributed by atoms with van der Waals surface area (Å²) in [6.45, 7) is 3.03. The molecule has 5 atom stereocenters. The minimum absolute atomic E-state index is 0.0271. The lowest BCUT2D eigenvalue weighted by Gasteiger charge is -2.42. The molecule has 39 heavy (non-hydrogen) atoms. The Balaban J connectivity index is 1.75. The Morgan fingerprint density at radius 3 is 2.10 bits per heavy atom. The molecule has 0 saturated carbocycles. The number of amides is 1. The van der Waals surface area contributed by atoms with Gasteiger partial charge in [0, 0.05) is 24.4 Å². The number of hydrogen-bond donors (Lipinski definition) is 0. The molecule has 0 aromatic heterocycles. The van der Waals surface area contributed by atoms with Crippen LogP contribution in [0.5, 0.6) is 0 Å². The van der Waals surface area contributed by atoms with Gasteiger partial charge < -0.3 is 14.4 Å². The van der Waals surface area contributed by atoms with Crippen LogP contribution < -0.4 is 0 Å². The van der Waals surface area contributed by atoms with Gasteiger partial charge in [-0.1, -0.05) is 19.1 Å². The Morgan fingerprint density at radius 2 is 1.59 bits per heavy atom. The number of ether oxygens (including phenoxy) is 2. The van der Waals surface area contributed by atoms with Crippen molar-refractivity contribution in [2.24, 2.45) is 5.92 Å². The number of piperidine rings is 1. The molecule has 1 unspecified atom stereocenters. The van der Waals surface area contributed by atoms with Crippen LogP contribution in [-0.2, 0) is 36.8 Å². The van der Waals surface area contributed by atoms with Crippen molar-refractivity contribution in [1.82, 2.24) is 4.90 Å². The van der Waals surface area contributed by atoms with Crippen molar-refractivity contribution in [1.29, 1.82) is 0 Å². The van der Waals surface area contributed by atoms with E-state index in [1.54, 1.807) is 6.92 Å². The number of benzene rings is 2. The first kappa shape index (κ1) is 28.8. The molecule has 0 spiro atoms. The first-order valence-electron chi connectivity index (χ1n) is 12.1. The van der Waals surface area contributed by atoms with E-state index in [9.17, 15) is 40.3 Å².